The molecule has 3 aromatic rings. The molecule has 0 amide bonds. The van der Waals surface area contributed by atoms with Crippen LogP contribution in [0.25, 0.3) is 0 Å². The fraction of sp³-hybridized carbons (Fsp3) is 0.333. The molecule has 1 aromatic carbocycles. The average molecular weight is 504 g/mol. The predicted octanol–water partition coefficient (Wildman–Crippen LogP) is 5.01. The Kier molecular flexibility index (Phi) is 6.18. The zero-order valence-corrected chi connectivity index (χ0v) is 20.1. The third kappa shape index (κ3) is 4.60. The van der Waals surface area contributed by atoms with Gasteiger partial charge in [-0.3, -0.25) is 4.98 Å². The van der Waals surface area contributed by atoms with Crippen molar-refractivity contribution >= 4 is 34.4 Å². The smallest absolute Gasteiger partial charge is 0.416 e. The van der Waals surface area contributed by atoms with E-state index in [1.165, 1.54) is 24.5 Å². The van der Waals surface area contributed by atoms with Crippen LogP contribution in [0.1, 0.15) is 10.4 Å². The molecular weight excluding hydrogens is 479 g/mol. The van der Waals surface area contributed by atoms with Crippen molar-refractivity contribution in [3.63, 3.8) is 0 Å². The SMILES string of the molecule is COc1cncc(N2CCN(C3=Nc4ccsc4CN3c3cc(C(F)(F)F)ccc3OC)CC2)c1. The van der Waals surface area contributed by atoms with Crippen LogP contribution in [0.5, 0.6) is 11.5 Å². The van der Waals surface area contributed by atoms with E-state index in [1.807, 2.05) is 22.4 Å². The summed E-state index contributed by atoms with van der Waals surface area (Å²) in [7, 11) is 3.07. The lowest BCUT2D eigenvalue weighted by atomic mass is 10.1. The van der Waals surface area contributed by atoms with Gasteiger partial charge in [0, 0.05) is 32.2 Å². The maximum Gasteiger partial charge on any atom is 0.416 e. The standard InChI is InChI=1S/C24H24F3N5O2S/c1-33-18-12-17(13-28-14-18)30-6-8-31(9-7-30)23-29-19-5-10-35-22(19)15-32(23)20-11-16(24(25,26)27)3-4-21(20)34-2/h3-5,10-14H,6-9,15H2,1-2H3. The summed E-state index contributed by atoms with van der Waals surface area (Å²) in [6.07, 6.45) is -0.998. The molecule has 0 unspecified atom stereocenters. The van der Waals surface area contributed by atoms with Crippen molar-refractivity contribution in [3.05, 3.63) is 58.5 Å². The van der Waals surface area contributed by atoms with Crippen LogP contribution in [0.2, 0.25) is 0 Å². The highest BCUT2D eigenvalue weighted by molar-refractivity contribution is 7.10. The molecular formula is C24H24F3N5O2S. The molecule has 4 heterocycles. The van der Waals surface area contributed by atoms with Gasteiger partial charge in [-0.25, -0.2) is 4.99 Å². The number of halogens is 3. The maximum absolute atomic E-state index is 13.6. The van der Waals surface area contributed by atoms with E-state index in [1.54, 1.807) is 19.5 Å². The van der Waals surface area contributed by atoms with Crippen LogP contribution in [-0.2, 0) is 12.7 Å². The minimum atomic E-state index is -4.46. The first kappa shape index (κ1) is 23.3. The van der Waals surface area contributed by atoms with Crippen molar-refractivity contribution in [3.8, 4) is 11.5 Å². The van der Waals surface area contributed by atoms with E-state index >= 15 is 0 Å². The third-order valence-electron chi connectivity index (χ3n) is 6.14. The Hall–Kier alpha value is -3.47. The number of fused-ring (bicyclic) bond motifs is 1. The number of ether oxygens (including phenoxy) is 2. The number of methoxy groups -OCH3 is 2. The van der Waals surface area contributed by atoms with Gasteiger partial charge in [0.25, 0.3) is 0 Å². The van der Waals surface area contributed by atoms with E-state index in [4.69, 9.17) is 14.5 Å². The first-order valence-corrected chi connectivity index (χ1v) is 11.9. The van der Waals surface area contributed by atoms with Gasteiger partial charge in [-0.05, 0) is 29.6 Å². The number of aromatic nitrogens is 1. The number of aliphatic imine (C=N–C) groups is 1. The van der Waals surface area contributed by atoms with E-state index in [9.17, 15) is 13.2 Å². The van der Waals surface area contributed by atoms with Crippen LogP contribution >= 0.6 is 11.3 Å². The molecule has 0 aliphatic carbocycles. The molecule has 0 atom stereocenters. The lowest BCUT2D eigenvalue weighted by Gasteiger charge is -2.42. The van der Waals surface area contributed by atoms with Crippen molar-refractivity contribution in [2.45, 2.75) is 12.7 Å². The third-order valence-corrected chi connectivity index (χ3v) is 7.04. The number of piperazine rings is 1. The Labute approximate surface area is 205 Å². The summed E-state index contributed by atoms with van der Waals surface area (Å²) < 4.78 is 51.4. The lowest BCUT2D eigenvalue weighted by molar-refractivity contribution is -0.137. The topological polar surface area (TPSA) is 53.4 Å². The average Bonchev–Trinajstić information content (AvgIpc) is 3.35. The normalized spacial score (nSPS) is 16.1. The van der Waals surface area contributed by atoms with Gasteiger partial charge >= 0.3 is 6.18 Å². The van der Waals surface area contributed by atoms with Crippen molar-refractivity contribution in [1.29, 1.82) is 0 Å². The molecule has 0 bridgehead atoms. The minimum absolute atomic E-state index is 0.347. The summed E-state index contributed by atoms with van der Waals surface area (Å²) in [6, 6.07) is 7.44. The summed E-state index contributed by atoms with van der Waals surface area (Å²) in [5.41, 5.74) is 1.44. The molecule has 184 valence electrons. The zero-order chi connectivity index (χ0) is 24.6. The van der Waals surface area contributed by atoms with Gasteiger partial charge in [0.05, 0.1) is 60.7 Å². The molecule has 1 saturated heterocycles. The first-order chi connectivity index (χ1) is 16.9. The summed E-state index contributed by atoms with van der Waals surface area (Å²) in [6.45, 7) is 3.12. The molecule has 0 saturated carbocycles. The number of pyridine rings is 1. The summed E-state index contributed by atoms with van der Waals surface area (Å²) in [5.74, 6) is 1.68. The van der Waals surface area contributed by atoms with Crippen LogP contribution in [0.4, 0.5) is 30.2 Å². The molecule has 2 aliphatic rings. The van der Waals surface area contributed by atoms with Crippen molar-refractivity contribution in [2.75, 3.05) is 50.2 Å². The summed E-state index contributed by atoms with van der Waals surface area (Å²) in [5, 5.41) is 1.95. The fourth-order valence-corrected chi connectivity index (χ4v) is 5.10. The number of thiophene rings is 1. The molecule has 0 N–H and O–H groups in total. The summed E-state index contributed by atoms with van der Waals surface area (Å²) in [4.78, 5) is 16.3. The monoisotopic (exact) mass is 503 g/mol. The van der Waals surface area contributed by atoms with Gasteiger partial charge in [-0.2, -0.15) is 13.2 Å². The van der Waals surface area contributed by atoms with Crippen LogP contribution < -0.4 is 19.3 Å². The van der Waals surface area contributed by atoms with Gasteiger partial charge in [-0.15, -0.1) is 11.3 Å². The maximum atomic E-state index is 13.6. The Morgan fingerprint density at radius 1 is 0.943 bits per heavy atom. The van der Waals surface area contributed by atoms with E-state index in [-0.39, 0.29) is 0 Å². The van der Waals surface area contributed by atoms with E-state index in [0.717, 1.165) is 28.4 Å². The molecule has 0 spiro atoms. The molecule has 2 aliphatic heterocycles. The van der Waals surface area contributed by atoms with Gasteiger partial charge in [0.2, 0.25) is 5.96 Å². The molecule has 5 rings (SSSR count). The van der Waals surface area contributed by atoms with Crippen LogP contribution in [0, 0.1) is 0 Å². The highest BCUT2D eigenvalue weighted by Gasteiger charge is 2.35. The molecule has 7 nitrogen and oxygen atoms in total. The van der Waals surface area contributed by atoms with Crippen LogP contribution in [0.3, 0.4) is 0 Å². The highest BCUT2D eigenvalue weighted by atomic mass is 32.1. The lowest BCUT2D eigenvalue weighted by Crippen LogP contribution is -2.54. The van der Waals surface area contributed by atoms with Crippen molar-refractivity contribution < 1.29 is 22.6 Å². The molecule has 0 radical (unpaired) electrons. The second kappa shape index (κ2) is 9.29. The molecule has 1 fully saturated rings. The number of guanidine groups is 1. The molecule has 11 heteroatoms. The number of benzene rings is 1. The Bertz CT molecular complexity index is 1240. The van der Waals surface area contributed by atoms with Crippen LogP contribution in [0.15, 0.2) is 53.1 Å². The van der Waals surface area contributed by atoms with E-state index in [0.29, 0.717) is 55.9 Å². The van der Waals surface area contributed by atoms with Crippen LogP contribution in [-0.4, -0.2) is 56.2 Å². The zero-order valence-electron chi connectivity index (χ0n) is 19.2. The largest absolute Gasteiger partial charge is 0.495 e. The number of nitrogens with zero attached hydrogens (tertiary/aromatic N) is 5. The minimum Gasteiger partial charge on any atom is -0.495 e. The number of hydrogen-bond donors (Lipinski definition) is 0. The van der Waals surface area contributed by atoms with Crippen molar-refractivity contribution in [1.82, 2.24) is 9.88 Å². The molecule has 35 heavy (non-hydrogen) atoms. The van der Waals surface area contributed by atoms with E-state index in [2.05, 4.69) is 14.8 Å². The molecule has 2 aromatic heterocycles. The highest BCUT2D eigenvalue weighted by Crippen LogP contribution is 2.41. The number of rotatable bonds is 4. The van der Waals surface area contributed by atoms with Gasteiger partial charge in [0.15, 0.2) is 0 Å². The second-order valence-electron chi connectivity index (χ2n) is 8.17. The van der Waals surface area contributed by atoms with Gasteiger partial charge in [-0.1, -0.05) is 0 Å². The fourth-order valence-electron chi connectivity index (χ4n) is 4.30. The van der Waals surface area contributed by atoms with Crippen molar-refractivity contribution in [2.24, 2.45) is 4.99 Å². The first-order valence-electron chi connectivity index (χ1n) is 11.0. The summed E-state index contributed by atoms with van der Waals surface area (Å²) >= 11 is 1.54. The Morgan fingerprint density at radius 2 is 1.71 bits per heavy atom. The van der Waals surface area contributed by atoms with E-state index < -0.39 is 11.7 Å². The van der Waals surface area contributed by atoms with Gasteiger partial charge in [0.1, 0.15) is 11.5 Å². The Balaban J connectivity index is 1.45. The predicted molar refractivity (Wildman–Crippen MR) is 130 cm³/mol. The van der Waals surface area contributed by atoms with Gasteiger partial charge < -0.3 is 24.2 Å². The number of alkyl halides is 3. The Morgan fingerprint density at radius 3 is 2.43 bits per heavy atom. The number of anilines is 2. The quantitative estimate of drug-likeness (QED) is 0.499. The second-order valence-corrected chi connectivity index (χ2v) is 9.17. The number of hydrogen-bond acceptors (Lipinski definition) is 8.